The molecule has 4 N–H and O–H groups in total. The maximum atomic E-state index is 13.7. The van der Waals surface area contributed by atoms with E-state index in [1.54, 1.807) is 0 Å². The third-order valence-corrected chi connectivity index (χ3v) is 5.56. The van der Waals surface area contributed by atoms with E-state index in [0.29, 0.717) is 23.3 Å². The lowest BCUT2D eigenvalue weighted by Crippen LogP contribution is -2.67. The summed E-state index contributed by atoms with van der Waals surface area (Å²) in [6.07, 6.45) is -8.58. The molecule has 0 fully saturated rings. The molecular formula is C17H19F6N3O5S. The quantitative estimate of drug-likeness (QED) is 0.307. The third-order valence-electron chi connectivity index (χ3n) is 4.35. The van der Waals surface area contributed by atoms with Gasteiger partial charge >= 0.3 is 30.1 Å². The summed E-state index contributed by atoms with van der Waals surface area (Å²) in [6, 6.07) is -1.75. The summed E-state index contributed by atoms with van der Waals surface area (Å²) in [5.74, 6) is -3.24. The average molecular weight is 491 g/mol. The van der Waals surface area contributed by atoms with E-state index in [1.165, 1.54) is 0 Å². The average Bonchev–Trinajstić information content (AvgIpc) is 3.01. The second-order valence-electron chi connectivity index (χ2n) is 6.66. The number of anilines is 1. The van der Waals surface area contributed by atoms with Gasteiger partial charge in [-0.05, 0) is 38.2 Å². The first-order chi connectivity index (χ1) is 14.7. The number of halogens is 6. The van der Waals surface area contributed by atoms with Crippen LogP contribution in [0.1, 0.15) is 40.6 Å². The van der Waals surface area contributed by atoms with Crippen molar-refractivity contribution in [3.05, 3.63) is 16.0 Å². The van der Waals surface area contributed by atoms with E-state index >= 15 is 0 Å². The minimum Gasteiger partial charge on any atom is -0.462 e. The number of hydrogen-bond acceptors (Lipinski definition) is 6. The molecule has 0 radical (unpaired) electrons. The summed E-state index contributed by atoms with van der Waals surface area (Å²) in [7, 11) is 0. The second-order valence-corrected chi connectivity index (χ2v) is 7.77. The van der Waals surface area contributed by atoms with E-state index in [-0.39, 0.29) is 10.6 Å². The topological polar surface area (TPSA) is 120 Å². The number of carbonyl (C=O) groups is 3. The summed E-state index contributed by atoms with van der Waals surface area (Å²) in [5.41, 5.74) is 1.32. The molecule has 8 nitrogen and oxygen atoms in total. The van der Waals surface area contributed by atoms with Gasteiger partial charge in [-0.3, -0.25) is 15.4 Å². The van der Waals surface area contributed by atoms with Gasteiger partial charge in [-0.1, -0.05) is 0 Å². The first-order valence-electron chi connectivity index (χ1n) is 9.20. The molecule has 0 saturated carbocycles. The number of fused-ring (bicyclic) bond motifs is 1. The fourth-order valence-electron chi connectivity index (χ4n) is 3.05. The van der Waals surface area contributed by atoms with Crippen LogP contribution in [-0.2, 0) is 27.1 Å². The molecule has 0 spiro atoms. The fourth-order valence-corrected chi connectivity index (χ4v) is 4.34. The number of nitrogens with two attached hydrogens (primary N) is 1. The normalized spacial score (nSPS) is 16.0. The molecule has 0 bridgehead atoms. The zero-order valence-electron chi connectivity index (χ0n) is 16.5. The zero-order chi connectivity index (χ0) is 24.3. The molecule has 15 heteroatoms. The highest BCUT2D eigenvalue weighted by atomic mass is 32.1. The van der Waals surface area contributed by atoms with E-state index in [9.17, 15) is 40.7 Å². The molecule has 0 saturated heterocycles. The monoisotopic (exact) mass is 491 g/mol. The van der Waals surface area contributed by atoms with Gasteiger partial charge in [-0.2, -0.15) is 26.3 Å². The lowest BCUT2D eigenvalue weighted by molar-refractivity contribution is -0.305. The van der Waals surface area contributed by atoms with Crippen molar-refractivity contribution in [2.75, 3.05) is 18.5 Å². The Bertz CT molecular complexity index is 885. The van der Waals surface area contributed by atoms with Crippen LogP contribution in [0.15, 0.2) is 0 Å². The van der Waals surface area contributed by atoms with Gasteiger partial charge in [0.1, 0.15) is 11.6 Å². The minimum absolute atomic E-state index is 0.107. The Morgan fingerprint density at radius 1 is 1.09 bits per heavy atom. The van der Waals surface area contributed by atoms with Gasteiger partial charge in [0.25, 0.3) is 5.91 Å². The highest BCUT2D eigenvalue weighted by Gasteiger charge is 2.66. The number of ether oxygens (including phenoxy) is 2. The number of esters is 1. The SMILES string of the molecule is CCOC(=O)[C@@](NC(=O)Nc1sc2c(c1C(N)=O)CCCC2)(OCC(F)(F)F)C(F)(F)F. The lowest BCUT2D eigenvalue weighted by Gasteiger charge is -2.33. The van der Waals surface area contributed by atoms with Gasteiger partial charge in [0.15, 0.2) is 0 Å². The molecule has 1 aliphatic rings. The number of primary amides is 1. The molecule has 32 heavy (non-hydrogen) atoms. The molecule has 1 atom stereocenters. The van der Waals surface area contributed by atoms with Crippen LogP contribution >= 0.6 is 11.3 Å². The Labute approximate surface area is 181 Å². The standard InChI is InChI=1S/C17H19F6N3O5S/c1-2-30-13(28)16(17(21,22)23,31-7-15(18,19)20)26-14(29)25-12-10(11(24)27)8-5-3-4-6-9(8)32-12/h2-7H2,1H3,(H2,24,27)(H2,25,26,29)/t16-/m1/s1. The van der Waals surface area contributed by atoms with E-state index in [2.05, 4.69) is 9.47 Å². The van der Waals surface area contributed by atoms with E-state index in [0.717, 1.165) is 36.4 Å². The Balaban J connectivity index is 2.39. The molecular weight excluding hydrogens is 472 g/mol. The van der Waals surface area contributed by atoms with Crippen LogP contribution in [0, 0.1) is 0 Å². The lowest BCUT2D eigenvalue weighted by atomic mass is 9.95. The van der Waals surface area contributed by atoms with E-state index in [4.69, 9.17) is 5.73 Å². The highest BCUT2D eigenvalue weighted by molar-refractivity contribution is 7.17. The van der Waals surface area contributed by atoms with Crippen LogP contribution in [0.2, 0.25) is 0 Å². The van der Waals surface area contributed by atoms with Gasteiger partial charge in [0.05, 0.1) is 12.2 Å². The predicted molar refractivity (Wildman–Crippen MR) is 99.1 cm³/mol. The number of carbonyl (C=O) groups excluding carboxylic acids is 3. The zero-order valence-corrected chi connectivity index (χ0v) is 17.4. The summed E-state index contributed by atoms with van der Waals surface area (Å²) < 4.78 is 86.9. The number of thiophene rings is 1. The smallest absolute Gasteiger partial charge is 0.448 e. The van der Waals surface area contributed by atoms with Crippen molar-refractivity contribution < 1.29 is 50.2 Å². The molecule has 0 unspecified atom stereocenters. The van der Waals surface area contributed by atoms with Crippen molar-refractivity contribution in [1.29, 1.82) is 0 Å². The number of hydrogen-bond donors (Lipinski definition) is 3. The van der Waals surface area contributed by atoms with E-state index in [1.807, 2.05) is 5.32 Å². The maximum absolute atomic E-state index is 13.7. The molecule has 2 rings (SSSR count). The number of aryl methyl sites for hydroxylation is 1. The van der Waals surface area contributed by atoms with Crippen LogP contribution in [-0.4, -0.2) is 49.2 Å². The molecule has 180 valence electrons. The first-order valence-corrected chi connectivity index (χ1v) is 10.0. The molecule has 1 aromatic heterocycles. The molecule has 0 aliphatic heterocycles. The number of alkyl halides is 6. The molecule has 1 aromatic rings. The van der Waals surface area contributed by atoms with Crippen LogP contribution < -0.4 is 16.4 Å². The highest BCUT2D eigenvalue weighted by Crippen LogP contribution is 2.39. The van der Waals surface area contributed by atoms with Crippen molar-refractivity contribution in [3.63, 3.8) is 0 Å². The second kappa shape index (κ2) is 9.52. The number of rotatable bonds is 7. The molecule has 3 amide bonds. The fraction of sp³-hybridized carbons (Fsp3) is 0.588. The maximum Gasteiger partial charge on any atom is 0.448 e. The molecule has 1 heterocycles. The molecule has 1 aliphatic carbocycles. The third kappa shape index (κ3) is 5.62. The van der Waals surface area contributed by atoms with Crippen molar-refractivity contribution in [2.24, 2.45) is 5.73 Å². The first kappa shape index (κ1) is 25.7. The van der Waals surface area contributed by atoms with Crippen molar-refractivity contribution in [2.45, 2.75) is 50.7 Å². The Kier molecular flexibility index (Phi) is 7.65. The number of nitrogens with one attached hydrogen (secondary N) is 2. The van der Waals surface area contributed by atoms with E-state index < -0.39 is 49.2 Å². The summed E-state index contributed by atoms with van der Waals surface area (Å²) >= 11 is 0.897. The van der Waals surface area contributed by atoms with Crippen molar-refractivity contribution in [1.82, 2.24) is 5.32 Å². The van der Waals surface area contributed by atoms with Crippen LogP contribution in [0.4, 0.5) is 36.1 Å². The predicted octanol–water partition coefficient (Wildman–Crippen LogP) is 3.25. The summed E-state index contributed by atoms with van der Waals surface area (Å²) in [5, 5.41) is 2.88. The van der Waals surface area contributed by atoms with Gasteiger partial charge in [0.2, 0.25) is 0 Å². The van der Waals surface area contributed by atoms with Gasteiger partial charge in [-0.25, -0.2) is 9.59 Å². The van der Waals surface area contributed by atoms with Gasteiger partial charge < -0.3 is 15.2 Å². The van der Waals surface area contributed by atoms with Crippen molar-refractivity contribution in [3.8, 4) is 0 Å². The van der Waals surface area contributed by atoms with Crippen LogP contribution in [0.3, 0.4) is 0 Å². The van der Waals surface area contributed by atoms with Crippen molar-refractivity contribution >= 4 is 34.2 Å². The summed E-state index contributed by atoms with van der Waals surface area (Å²) in [6.45, 7) is -2.04. The van der Waals surface area contributed by atoms with Crippen LogP contribution in [0.25, 0.3) is 0 Å². The largest absolute Gasteiger partial charge is 0.462 e. The number of amides is 3. The van der Waals surface area contributed by atoms with Gasteiger partial charge in [0, 0.05) is 4.88 Å². The van der Waals surface area contributed by atoms with Crippen LogP contribution in [0.5, 0.6) is 0 Å². The summed E-state index contributed by atoms with van der Waals surface area (Å²) in [4.78, 5) is 36.9. The Hall–Kier alpha value is -2.55. The Morgan fingerprint density at radius 2 is 1.72 bits per heavy atom. The number of urea groups is 1. The molecule has 0 aromatic carbocycles. The Morgan fingerprint density at radius 3 is 2.25 bits per heavy atom. The van der Waals surface area contributed by atoms with Gasteiger partial charge in [-0.15, -0.1) is 11.3 Å². The minimum atomic E-state index is -5.83.